The van der Waals surface area contributed by atoms with Crippen LogP contribution in [0.3, 0.4) is 0 Å². The molecule has 0 atom stereocenters. The van der Waals surface area contributed by atoms with E-state index in [1.807, 2.05) is 25.0 Å². The Morgan fingerprint density at radius 1 is 1.08 bits per heavy atom. The first-order valence-corrected chi connectivity index (χ1v) is 8.97. The molecule has 140 valence electrons. The number of amides is 1. The van der Waals surface area contributed by atoms with Crippen LogP contribution < -0.4 is 51.4 Å². The van der Waals surface area contributed by atoms with Crippen LogP contribution in [-0.2, 0) is 9.59 Å². The number of piperidine rings is 1. The van der Waals surface area contributed by atoms with E-state index in [-0.39, 0.29) is 71.1 Å². The largest absolute Gasteiger partial charge is 1.00 e. The van der Waals surface area contributed by atoms with Crippen molar-refractivity contribution in [1.82, 2.24) is 14.7 Å². The summed E-state index contributed by atoms with van der Waals surface area (Å²) in [5, 5.41) is 0. The van der Waals surface area contributed by atoms with Gasteiger partial charge in [-0.15, -0.1) is 6.42 Å². The van der Waals surface area contributed by atoms with Crippen molar-refractivity contribution in [2.45, 2.75) is 39.5 Å². The minimum absolute atomic E-state index is 0. The summed E-state index contributed by atoms with van der Waals surface area (Å²) in [6.07, 6.45) is 5.52. The fourth-order valence-electron chi connectivity index (χ4n) is 3.55. The molecule has 0 spiro atoms. The van der Waals surface area contributed by atoms with E-state index in [0.29, 0.717) is 0 Å². The fourth-order valence-corrected chi connectivity index (χ4v) is 3.55. The molecule has 0 N–H and O–H groups in total. The van der Waals surface area contributed by atoms with Crippen LogP contribution in [0.1, 0.15) is 39.5 Å². The van der Waals surface area contributed by atoms with Crippen molar-refractivity contribution in [2.75, 3.05) is 52.9 Å². The maximum Gasteiger partial charge on any atom is 1.00 e. The molecule has 0 aromatic rings. The second-order valence-electron chi connectivity index (χ2n) is 7.87. The van der Waals surface area contributed by atoms with Crippen LogP contribution >= 0.6 is 0 Å². The van der Waals surface area contributed by atoms with E-state index in [4.69, 9.17) is 0 Å². The van der Waals surface area contributed by atoms with Gasteiger partial charge in [0.15, 0.2) is 0 Å². The third-order valence-corrected chi connectivity index (χ3v) is 5.44. The van der Waals surface area contributed by atoms with Gasteiger partial charge in [0.25, 0.3) is 0 Å². The number of carbonyl (C=O) groups is 1. The predicted octanol–water partition coefficient (Wildman–Crippen LogP) is -1.16. The summed E-state index contributed by atoms with van der Waals surface area (Å²) >= 11 is 0. The Hall–Kier alpha value is 0.696. The predicted molar refractivity (Wildman–Crippen MR) is 98.4 cm³/mol. The van der Waals surface area contributed by atoms with Crippen molar-refractivity contribution in [3.05, 3.63) is 7.43 Å². The molecule has 2 aliphatic rings. The average Bonchev–Trinajstić information content (AvgIpc) is 2.54. The normalized spacial score (nSPS) is 20.5. The molecule has 2 heterocycles. The van der Waals surface area contributed by atoms with Gasteiger partial charge in [-0.1, -0.05) is 13.8 Å². The Kier molecular flexibility index (Phi) is 12.6. The molecule has 0 aliphatic carbocycles. The molecular formula is C19H35KN3O2-. The van der Waals surface area contributed by atoms with Gasteiger partial charge >= 0.3 is 51.4 Å². The zero-order valence-corrected chi connectivity index (χ0v) is 20.1. The first-order chi connectivity index (χ1) is 10.9. The van der Waals surface area contributed by atoms with Crippen molar-refractivity contribution in [3.63, 3.8) is 0 Å². The minimum atomic E-state index is -0.603. The second-order valence-corrected chi connectivity index (χ2v) is 7.87. The zero-order valence-electron chi connectivity index (χ0n) is 17.0. The van der Waals surface area contributed by atoms with Gasteiger partial charge < -0.3 is 26.9 Å². The van der Waals surface area contributed by atoms with Crippen molar-refractivity contribution in [3.8, 4) is 0 Å². The van der Waals surface area contributed by atoms with E-state index < -0.39 is 5.41 Å². The topological polar surface area (TPSA) is 43.9 Å². The monoisotopic (exact) mass is 376 g/mol. The Bertz CT molecular complexity index is 401. The quantitative estimate of drug-likeness (QED) is 0.433. The number of likely N-dealkylation sites (N-methyl/N-ethyl adjacent to an activating group) is 1. The molecule has 6 heteroatoms. The molecule has 0 radical (unpaired) electrons. The number of nitrogens with zero attached hydrogens (tertiary/aromatic N) is 3. The Morgan fingerprint density at radius 3 is 2.16 bits per heavy atom. The Balaban J connectivity index is 0.00000288. The summed E-state index contributed by atoms with van der Waals surface area (Å²) in [4.78, 5) is 30.0. The Labute approximate surface area is 197 Å². The summed E-state index contributed by atoms with van der Waals surface area (Å²) in [6, 6.07) is 0. The van der Waals surface area contributed by atoms with Crippen LogP contribution in [-0.4, -0.2) is 79.8 Å². The molecule has 0 bridgehead atoms. The van der Waals surface area contributed by atoms with Crippen LogP contribution in [0.15, 0.2) is 0 Å². The molecule has 1 amide bonds. The van der Waals surface area contributed by atoms with Crippen molar-refractivity contribution in [1.29, 1.82) is 0 Å². The van der Waals surface area contributed by atoms with E-state index in [0.717, 1.165) is 31.8 Å². The summed E-state index contributed by atoms with van der Waals surface area (Å²) < 4.78 is 0. The van der Waals surface area contributed by atoms with Crippen LogP contribution in [0.4, 0.5) is 0 Å². The van der Waals surface area contributed by atoms with Crippen LogP contribution in [0.25, 0.3) is 0 Å². The molecule has 2 rings (SSSR count). The van der Waals surface area contributed by atoms with E-state index in [9.17, 15) is 9.59 Å². The molecule has 0 unspecified atom stereocenters. The van der Waals surface area contributed by atoms with Crippen molar-refractivity contribution >= 4 is 12.2 Å². The van der Waals surface area contributed by atoms with Gasteiger partial charge in [0.2, 0.25) is 5.91 Å². The van der Waals surface area contributed by atoms with Gasteiger partial charge in [-0.3, -0.25) is 11.1 Å². The minimum Gasteiger partial charge on any atom is -0.542 e. The first kappa shape index (κ1) is 25.7. The van der Waals surface area contributed by atoms with Gasteiger partial charge in [0.1, 0.15) is 0 Å². The zero-order chi connectivity index (χ0) is 16.9. The Morgan fingerprint density at radius 2 is 1.64 bits per heavy atom. The third kappa shape index (κ3) is 8.07. The number of carbonyl (C=O) groups excluding carboxylic acids is 2. The van der Waals surface area contributed by atoms with Gasteiger partial charge in [-0.25, -0.2) is 0 Å². The van der Waals surface area contributed by atoms with Crippen molar-refractivity contribution in [2.24, 2.45) is 11.3 Å². The van der Waals surface area contributed by atoms with Gasteiger partial charge in [0, 0.05) is 44.7 Å². The van der Waals surface area contributed by atoms with Crippen molar-refractivity contribution < 1.29 is 61.0 Å². The summed E-state index contributed by atoms with van der Waals surface area (Å²) in [5.41, 5.74) is -0.603. The summed E-state index contributed by atoms with van der Waals surface area (Å²) in [6.45, 7) is 11.3. The number of hydrogen-bond donors (Lipinski definition) is 0. The third-order valence-electron chi connectivity index (χ3n) is 5.44. The summed E-state index contributed by atoms with van der Waals surface area (Å²) in [5.74, 6) is 0.845. The van der Waals surface area contributed by atoms with E-state index in [1.54, 1.807) is 0 Å². The van der Waals surface area contributed by atoms with Gasteiger partial charge in [0.05, 0.1) is 0 Å². The summed E-state index contributed by atoms with van der Waals surface area (Å²) in [7, 11) is 2.19. The van der Waals surface area contributed by atoms with Gasteiger partial charge in [-0.2, -0.15) is 0 Å². The van der Waals surface area contributed by atoms with E-state index in [1.165, 1.54) is 39.1 Å². The number of rotatable bonds is 6. The standard InChI is InChI=1S/C18H32N3O2.CH3.K/c1-18(2,7-15-22)17(23)21-9-5-16(6-10-21)4-8-20-13-11-19(3)12-14-20;;/h16H,4-14H2,1-3H3;1H3;/q2*-1;+1. The number of piperazine rings is 1. The van der Waals surface area contributed by atoms with E-state index >= 15 is 0 Å². The maximum atomic E-state index is 12.5. The molecule has 25 heavy (non-hydrogen) atoms. The molecule has 2 saturated heterocycles. The smallest absolute Gasteiger partial charge is 0.542 e. The molecule has 0 aromatic heterocycles. The second kappa shape index (κ2) is 12.2. The molecule has 0 aromatic carbocycles. The molecule has 5 nitrogen and oxygen atoms in total. The first-order valence-electron chi connectivity index (χ1n) is 8.97. The molecule has 2 fully saturated rings. The van der Waals surface area contributed by atoms with E-state index in [2.05, 4.69) is 16.8 Å². The molecule has 2 aliphatic heterocycles. The maximum absolute atomic E-state index is 12.5. The SMILES string of the molecule is CN1CCN(CCC2CCN(C(=O)C(C)(C)C[C-]=O)CC2)CC1.[CH3-].[K+]. The molecule has 0 saturated carbocycles. The fraction of sp³-hybridized carbons (Fsp3) is 0.842. The average molecular weight is 377 g/mol. The number of hydrogen-bond acceptors (Lipinski definition) is 4. The van der Waals surface area contributed by atoms with Crippen LogP contribution in [0, 0.1) is 18.8 Å². The van der Waals surface area contributed by atoms with Crippen LogP contribution in [0.2, 0.25) is 0 Å². The molecular weight excluding hydrogens is 341 g/mol. The number of likely N-dealkylation sites (tertiary alicyclic amines) is 1. The van der Waals surface area contributed by atoms with Gasteiger partial charge in [-0.05, 0) is 38.8 Å². The van der Waals surface area contributed by atoms with Crippen LogP contribution in [0.5, 0.6) is 0 Å².